The number of rotatable bonds is 8. The Morgan fingerprint density at radius 2 is 1.69 bits per heavy atom. The number of hydrogen-bond donors (Lipinski definition) is 3. The number of aliphatic imine (C=N–C) groups is 1. The van der Waals surface area contributed by atoms with Crippen LogP contribution in [0.1, 0.15) is 43.5 Å². The predicted molar refractivity (Wildman–Crippen MR) is 130 cm³/mol. The van der Waals surface area contributed by atoms with Crippen LogP contribution in [0.25, 0.3) is 0 Å². The van der Waals surface area contributed by atoms with E-state index < -0.39 is 0 Å². The fraction of sp³-hybridized carbons (Fsp3) is 0.619. The van der Waals surface area contributed by atoms with E-state index in [2.05, 4.69) is 39.7 Å². The normalized spacial score (nSPS) is 15.2. The summed E-state index contributed by atoms with van der Waals surface area (Å²) in [7, 11) is 3.37. The van der Waals surface area contributed by atoms with Crippen LogP contribution in [0.5, 0.6) is 5.75 Å². The summed E-state index contributed by atoms with van der Waals surface area (Å²) < 4.78 is 5.11. The summed E-state index contributed by atoms with van der Waals surface area (Å²) in [5, 5.41) is 9.57. The van der Waals surface area contributed by atoms with Crippen LogP contribution in [0.3, 0.4) is 0 Å². The van der Waals surface area contributed by atoms with Crippen LogP contribution in [-0.2, 0) is 0 Å². The summed E-state index contributed by atoms with van der Waals surface area (Å²) in [5.74, 6) is 1.39. The van der Waals surface area contributed by atoms with Crippen LogP contribution < -0.4 is 20.7 Å². The van der Waals surface area contributed by atoms with Gasteiger partial charge < -0.3 is 20.7 Å². The second-order valence-electron chi connectivity index (χ2n) is 7.70. The third kappa shape index (κ3) is 8.38. The molecule has 8 heteroatoms. The molecule has 1 amide bonds. The molecule has 164 valence electrons. The molecule has 1 aromatic rings. The van der Waals surface area contributed by atoms with Crippen molar-refractivity contribution in [3.63, 3.8) is 0 Å². The van der Waals surface area contributed by atoms with Crippen LogP contribution >= 0.6 is 24.0 Å². The zero-order chi connectivity index (χ0) is 20.4. The van der Waals surface area contributed by atoms with E-state index in [0.29, 0.717) is 18.7 Å². The van der Waals surface area contributed by atoms with Gasteiger partial charge in [0.15, 0.2) is 5.96 Å². The second-order valence-corrected chi connectivity index (χ2v) is 7.70. The third-order valence-electron chi connectivity index (χ3n) is 5.18. The summed E-state index contributed by atoms with van der Waals surface area (Å²) in [4.78, 5) is 19.0. The Kier molecular flexibility index (Phi) is 11.3. The highest BCUT2D eigenvalue weighted by Crippen LogP contribution is 2.19. The van der Waals surface area contributed by atoms with E-state index in [4.69, 9.17) is 4.74 Å². The lowest BCUT2D eigenvalue weighted by Crippen LogP contribution is -2.55. The number of piperidine rings is 1. The van der Waals surface area contributed by atoms with Gasteiger partial charge in [0.05, 0.1) is 7.11 Å². The molecule has 7 nitrogen and oxygen atoms in total. The lowest BCUT2D eigenvalue weighted by molar-refractivity contribution is 0.0954. The standard InChI is InChI=1S/C21H35N5O2.HI/c1-21(2,26-14-6-5-7-15-26)16-25-20(22-3)24-13-12-23-19(27)17-8-10-18(28-4)11-9-17;/h8-11H,5-7,12-16H2,1-4H3,(H,23,27)(H2,22,24,25);1H. The number of benzene rings is 1. The summed E-state index contributed by atoms with van der Waals surface area (Å²) in [5.41, 5.74) is 0.701. The van der Waals surface area contributed by atoms with Crippen molar-refractivity contribution < 1.29 is 9.53 Å². The summed E-state index contributed by atoms with van der Waals surface area (Å²) in [6, 6.07) is 7.07. The van der Waals surface area contributed by atoms with E-state index in [-0.39, 0.29) is 35.4 Å². The maximum Gasteiger partial charge on any atom is 0.251 e. The zero-order valence-electron chi connectivity index (χ0n) is 18.1. The maximum atomic E-state index is 12.2. The number of methoxy groups -OCH3 is 1. The van der Waals surface area contributed by atoms with Crippen molar-refractivity contribution in [3.05, 3.63) is 29.8 Å². The Hall–Kier alpha value is -1.55. The molecular formula is C21H36IN5O2. The van der Waals surface area contributed by atoms with Crippen LogP contribution in [0.15, 0.2) is 29.3 Å². The van der Waals surface area contributed by atoms with Gasteiger partial charge in [-0.2, -0.15) is 0 Å². The quantitative estimate of drug-likeness (QED) is 0.214. The lowest BCUT2D eigenvalue weighted by Gasteiger charge is -2.41. The topological polar surface area (TPSA) is 78.0 Å². The number of nitrogens with one attached hydrogen (secondary N) is 3. The fourth-order valence-electron chi connectivity index (χ4n) is 3.33. The zero-order valence-corrected chi connectivity index (χ0v) is 20.4. The van der Waals surface area contributed by atoms with Gasteiger partial charge in [0.2, 0.25) is 0 Å². The molecule has 0 atom stereocenters. The average Bonchev–Trinajstić information content (AvgIpc) is 2.73. The van der Waals surface area contributed by atoms with Gasteiger partial charge >= 0.3 is 0 Å². The minimum absolute atomic E-state index is 0. The first-order valence-electron chi connectivity index (χ1n) is 10.1. The average molecular weight is 517 g/mol. The van der Waals surface area contributed by atoms with Gasteiger partial charge in [-0.1, -0.05) is 6.42 Å². The van der Waals surface area contributed by atoms with Gasteiger partial charge in [-0.05, 0) is 64.0 Å². The molecule has 0 aromatic heterocycles. The molecular weight excluding hydrogens is 481 g/mol. The molecule has 1 aromatic carbocycles. The smallest absolute Gasteiger partial charge is 0.251 e. The first-order valence-corrected chi connectivity index (χ1v) is 10.1. The number of carbonyl (C=O) groups excluding carboxylic acids is 1. The molecule has 2 rings (SSSR count). The molecule has 1 fully saturated rings. The highest BCUT2D eigenvalue weighted by Gasteiger charge is 2.27. The van der Waals surface area contributed by atoms with E-state index in [9.17, 15) is 4.79 Å². The van der Waals surface area contributed by atoms with Gasteiger partial charge in [-0.25, -0.2) is 0 Å². The van der Waals surface area contributed by atoms with Crippen LogP contribution in [0.4, 0.5) is 0 Å². The molecule has 1 saturated heterocycles. The number of nitrogens with zero attached hydrogens (tertiary/aromatic N) is 2. The summed E-state index contributed by atoms with van der Waals surface area (Å²) in [6.07, 6.45) is 3.90. The molecule has 0 aliphatic carbocycles. The fourth-order valence-corrected chi connectivity index (χ4v) is 3.33. The number of guanidine groups is 1. The number of likely N-dealkylation sites (tertiary alicyclic amines) is 1. The molecule has 0 saturated carbocycles. The van der Waals surface area contributed by atoms with Gasteiger partial charge in [0.1, 0.15) is 5.75 Å². The Balaban J connectivity index is 0.00000420. The Labute approximate surface area is 192 Å². The summed E-state index contributed by atoms with van der Waals surface area (Å²) >= 11 is 0. The maximum absolute atomic E-state index is 12.2. The predicted octanol–water partition coefficient (Wildman–Crippen LogP) is 2.47. The van der Waals surface area contributed by atoms with Gasteiger partial charge in [0.25, 0.3) is 5.91 Å². The molecule has 29 heavy (non-hydrogen) atoms. The molecule has 0 radical (unpaired) electrons. The Bertz CT molecular complexity index is 643. The van der Waals surface area contributed by atoms with E-state index in [1.165, 1.54) is 19.3 Å². The minimum Gasteiger partial charge on any atom is -0.497 e. The van der Waals surface area contributed by atoms with Crippen molar-refractivity contribution >= 4 is 35.8 Å². The first-order chi connectivity index (χ1) is 13.5. The number of carbonyl (C=O) groups is 1. The van der Waals surface area contributed by atoms with Crippen molar-refractivity contribution in [2.24, 2.45) is 4.99 Å². The number of hydrogen-bond acceptors (Lipinski definition) is 4. The highest BCUT2D eigenvalue weighted by molar-refractivity contribution is 14.0. The monoisotopic (exact) mass is 517 g/mol. The first kappa shape index (κ1) is 25.5. The molecule has 0 unspecified atom stereocenters. The number of ether oxygens (including phenoxy) is 1. The van der Waals surface area contributed by atoms with Crippen LogP contribution in [-0.4, -0.2) is 69.2 Å². The van der Waals surface area contributed by atoms with Crippen molar-refractivity contribution in [1.29, 1.82) is 0 Å². The van der Waals surface area contributed by atoms with E-state index in [1.54, 1.807) is 38.4 Å². The van der Waals surface area contributed by atoms with Gasteiger partial charge in [-0.3, -0.25) is 14.7 Å². The largest absolute Gasteiger partial charge is 0.497 e. The highest BCUT2D eigenvalue weighted by atomic mass is 127. The van der Waals surface area contributed by atoms with Crippen molar-refractivity contribution in [2.75, 3.05) is 46.9 Å². The SMILES string of the molecule is CN=C(NCCNC(=O)c1ccc(OC)cc1)NCC(C)(C)N1CCCCC1.I. The van der Waals surface area contributed by atoms with Crippen LogP contribution in [0, 0.1) is 0 Å². The van der Waals surface area contributed by atoms with Gasteiger partial charge in [0, 0.05) is 37.8 Å². The summed E-state index contributed by atoms with van der Waals surface area (Å²) in [6.45, 7) is 8.81. The van der Waals surface area contributed by atoms with Crippen molar-refractivity contribution in [2.45, 2.75) is 38.6 Å². The molecule has 1 aliphatic heterocycles. The Morgan fingerprint density at radius 1 is 1.07 bits per heavy atom. The lowest BCUT2D eigenvalue weighted by atomic mass is 9.98. The van der Waals surface area contributed by atoms with Crippen LogP contribution in [0.2, 0.25) is 0 Å². The minimum atomic E-state index is -0.0985. The number of halogens is 1. The second kappa shape index (κ2) is 12.9. The third-order valence-corrected chi connectivity index (χ3v) is 5.18. The van der Waals surface area contributed by atoms with E-state index in [0.717, 1.165) is 31.3 Å². The molecule has 0 bridgehead atoms. The van der Waals surface area contributed by atoms with E-state index in [1.807, 2.05) is 0 Å². The Morgan fingerprint density at radius 3 is 2.28 bits per heavy atom. The molecule has 1 aliphatic rings. The molecule has 1 heterocycles. The molecule has 3 N–H and O–H groups in total. The van der Waals surface area contributed by atoms with Crippen molar-refractivity contribution in [1.82, 2.24) is 20.9 Å². The van der Waals surface area contributed by atoms with Crippen molar-refractivity contribution in [3.8, 4) is 5.75 Å². The van der Waals surface area contributed by atoms with Gasteiger partial charge in [-0.15, -0.1) is 24.0 Å². The van der Waals surface area contributed by atoms with E-state index >= 15 is 0 Å². The number of amides is 1. The molecule has 0 spiro atoms.